The number of rotatable bonds is 39. The number of allylic oxidation sites excluding steroid dienone is 6. The van der Waals surface area contributed by atoms with Crippen LogP contribution in [0.1, 0.15) is 213 Å². The Hall–Kier alpha value is -1.39. The van der Waals surface area contributed by atoms with Crippen molar-refractivity contribution >= 4 is 5.97 Å². The average molecular weight is 675 g/mol. The van der Waals surface area contributed by atoms with Crippen molar-refractivity contribution in [3.05, 3.63) is 36.5 Å². The minimum atomic E-state index is -0.540. The second-order valence-corrected chi connectivity index (χ2v) is 14.1. The van der Waals surface area contributed by atoms with Crippen LogP contribution in [0.15, 0.2) is 36.5 Å². The van der Waals surface area contributed by atoms with Crippen LogP contribution in [0.3, 0.4) is 0 Å². The van der Waals surface area contributed by atoms with E-state index in [1.165, 1.54) is 154 Å². The van der Waals surface area contributed by atoms with E-state index in [-0.39, 0.29) is 12.6 Å². The molecule has 1 N–H and O–H groups in total. The van der Waals surface area contributed by atoms with Gasteiger partial charge in [-0.05, 0) is 70.6 Å². The maximum atomic E-state index is 12.2. The number of aliphatic hydroxyl groups is 1. The third kappa shape index (κ3) is 39.1. The molecule has 0 aliphatic rings. The van der Waals surface area contributed by atoms with Gasteiger partial charge in [0.05, 0.1) is 13.2 Å². The van der Waals surface area contributed by atoms with Gasteiger partial charge in [0.15, 0.2) is 0 Å². The molecule has 0 saturated heterocycles. The first-order chi connectivity index (χ1) is 23.7. The van der Waals surface area contributed by atoms with E-state index in [1.807, 2.05) is 0 Å². The van der Waals surface area contributed by atoms with E-state index in [1.54, 1.807) is 0 Å². The van der Waals surface area contributed by atoms with Crippen LogP contribution >= 0.6 is 0 Å². The largest absolute Gasteiger partial charge is 0.457 e. The lowest BCUT2D eigenvalue weighted by Gasteiger charge is -2.15. The van der Waals surface area contributed by atoms with Crippen molar-refractivity contribution in [1.82, 2.24) is 0 Å². The minimum Gasteiger partial charge on any atom is -0.457 e. The summed E-state index contributed by atoms with van der Waals surface area (Å²) in [4.78, 5) is 12.2. The van der Waals surface area contributed by atoms with Gasteiger partial charge in [-0.1, -0.05) is 172 Å². The topological polar surface area (TPSA) is 55.8 Å². The summed E-state index contributed by atoms with van der Waals surface area (Å²) in [6.45, 7) is 5.32. The lowest BCUT2D eigenvalue weighted by Crippen LogP contribution is -2.27. The number of unbranched alkanes of at least 4 members (excludes halogenated alkanes) is 25. The van der Waals surface area contributed by atoms with Crippen molar-refractivity contribution in [2.75, 3.05) is 19.8 Å². The zero-order chi connectivity index (χ0) is 34.9. The van der Waals surface area contributed by atoms with Crippen molar-refractivity contribution in [2.24, 2.45) is 0 Å². The van der Waals surface area contributed by atoms with Crippen LogP contribution in [0.4, 0.5) is 0 Å². The molecular weight excluding hydrogens is 592 g/mol. The first-order valence-corrected chi connectivity index (χ1v) is 21.1. The summed E-state index contributed by atoms with van der Waals surface area (Å²) in [5, 5.41) is 9.59. The molecule has 0 aromatic rings. The first kappa shape index (κ1) is 46.6. The quantitative estimate of drug-likeness (QED) is 0.0400. The zero-order valence-corrected chi connectivity index (χ0v) is 32.3. The Morgan fingerprint density at radius 3 is 1.33 bits per heavy atom. The van der Waals surface area contributed by atoms with Gasteiger partial charge in [-0.2, -0.15) is 0 Å². The van der Waals surface area contributed by atoms with E-state index in [9.17, 15) is 9.90 Å². The van der Waals surface area contributed by atoms with E-state index >= 15 is 0 Å². The standard InChI is InChI=1S/C44H82O4/c1-3-5-7-9-11-13-15-17-19-21-22-23-24-26-28-30-32-34-36-38-40-47-42-43(41-45)48-44(46)39-37-35-33-31-29-27-25-20-18-16-14-12-10-8-6-4-2/h14,16-17,19-20,25,43,45H,3-13,15,18,21-24,26-42H2,1-2H3/b16-14-,19-17-,25-20-. The van der Waals surface area contributed by atoms with Gasteiger partial charge < -0.3 is 14.6 Å². The molecule has 0 saturated carbocycles. The van der Waals surface area contributed by atoms with E-state index in [2.05, 4.69) is 50.3 Å². The van der Waals surface area contributed by atoms with Gasteiger partial charge >= 0.3 is 5.97 Å². The summed E-state index contributed by atoms with van der Waals surface area (Å²) in [6.07, 6.45) is 52.0. The molecule has 1 unspecified atom stereocenters. The van der Waals surface area contributed by atoms with Crippen molar-refractivity contribution in [3.8, 4) is 0 Å². The predicted octanol–water partition coefficient (Wildman–Crippen LogP) is 13.7. The van der Waals surface area contributed by atoms with Crippen LogP contribution in [-0.2, 0) is 14.3 Å². The normalized spacial score (nSPS) is 12.6. The van der Waals surface area contributed by atoms with Crippen LogP contribution in [0.25, 0.3) is 0 Å². The zero-order valence-electron chi connectivity index (χ0n) is 32.3. The van der Waals surface area contributed by atoms with E-state index < -0.39 is 6.10 Å². The second kappa shape index (κ2) is 41.8. The number of esters is 1. The first-order valence-electron chi connectivity index (χ1n) is 21.1. The molecule has 0 fully saturated rings. The molecule has 48 heavy (non-hydrogen) atoms. The summed E-state index contributed by atoms with van der Waals surface area (Å²) in [5.74, 6) is -0.213. The molecule has 0 heterocycles. The van der Waals surface area contributed by atoms with Crippen LogP contribution < -0.4 is 0 Å². The molecule has 4 heteroatoms. The van der Waals surface area contributed by atoms with Crippen molar-refractivity contribution in [1.29, 1.82) is 0 Å². The molecule has 0 amide bonds. The van der Waals surface area contributed by atoms with Crippen molar-refractivity contribution in [3.63, 3.8) is 0 Å². The highest BCUT2D eigenvalue weighted by atomic mass is 16.6. The van der Waals surface area contributed by atoms with Crippen LogP contribution in [-0.4, -0.2) is 37.0 Å². The number of carbonyl (C=O) groups excluding carboxylic acids is 1. The van der Waals surface area contributed by atoms with Crippen molar-refractivity contribution < 1.29 is 19.4 Å². The van der Waals surface area contributed by atoms with Crippen LogP contribution in [0, 0.1) is 0 Å². The highest BCUT2D eigenvalue weighted by Gasteiger charge is 2.13. The Labute approximate surface area is 300 Å². The van der Waals surface area contributed by atoms with E-state index in [0.717, 1.165) is 38.5 Å². The summed E-state index contributed by atoms with van der Waals surface area (Å²) in [5.41, 5.74) is 0. The molecule has 0 aromatic carbocycles. The van der Waals surface area contributed by atoms with Gasteiger partial charge in [-0.3, -0.25) is 4.79 Å². The highest BCUT2D eigenvalue weighted by Crippen LogP contribution is 2.13. The molecule has 0 rings (SSSR count). The maximum absolute atomic E-state index is 12.2. The Balaban J connectivity index is 3.43. The molecule has 0 aliphatic carbocycles. The Morgan fingerprint density at radius 1 is 0.500 bits per heavy atom. The van der Waals surface area contributed by atoms with E-state index in [0.29, 0.717) is 19.6 Å². The van der Waals surface area contributed by atoms with Gasteiger partial charge in [-0.15, -0.1) is 0 Å². The van der Waals surface area contributed by atoms with Gasteiger partial charge in [-0.25, -0.2) is 0 Å². The van der Waals surface area contributed by atoms with Gasteiger partial charge in [0, 0.05) is 13.0 Å². The Kier molecular flexibility index (Phi) is 40.6. The fourth-order valence-corrected chi connectivity index (χ4v) is 6.00. The SMILES string of the molecule is CCCCCC/C=C\C/C=C\CCCCCCCC(=O)OC(CO)COCCCCCCCCCCCC/C=C\CCCCCCCC. The molecule has 0 aromatic heterocycles. The minimum absolute atomic E-state index is 0.177. The van der Waals surface area contributed by atoms with Crippen LogP contribution in [0.2, 0.25) is 0 Å². The maximum Gasteiger partial charge on any atom is 0.306 e. The lowest BCUT2D eigenvalue weighted by atomic mass is 10.1. The number of carbonyl (C=O) groups is 1. The predicted molar refractivity (Wildman–Crippen MR) is 210 cm³/mol. The number of hydrogen-bond acceptors (Lipinski definition) is 4. The molecule has 282 valence electrons. The average Bonchev–Trinajstić information content (AvgIpc) is 3.09. The van der Waals surface area contributed by atoms with Gasteiger partial charge in [0.2, 0.25) is 0 Å². The Bertz CT molecular complexity index is 713. The molecule has 0 bridgehead atoms. The smallest absolute Gasteiger partial charge is 0.306 e. The monoisotopic (exact) mass is 675 g/mol. The third-order valence-corrected chi connectivity index (χ3v) is 9.19. The van der Waals surface area contributed by atoms with Gasteiger partial charge in [0.1, 0.15) is 6.10 Å². The van der Waals surface area contributed by atoms with Gasteiger partial charge in [0.25, 0.3) is 0 Å². The number of hydrogen-bond donors (Lipinski definition) is 1. The van der Waals surface area contributed by atoms with E-state index in [4.69, 9.17) is 9.47 Å². The molecule has 0 aliphatic heterocycles. The molecule has 0 radical (unpaired) electrons. The fourth-order valence-electron chi connectivity index (χ4n) is 6.00. The second-order valence-electron chi connectivity index (χ2n) is 14.1. The lowest BCUT2D eigenvalue weighted by molar-refractivity contribution is -0.154. The number of aliphatic hydroxyl groups excluding tert-OH is 1. The van der Waals surface area contributed by atoms with Crippen molar-refractivity contribution in [2.45, 2.75) is 219 Å². The summed E-state index contributed by atoms with van der Waals surface area (Å²) < 4.78 is 11.1. The third-order valence-electron chi connectivity index (χ3n) is 9.19. The highest BCUT2D eigenvalue weighted by molar-refractivity contribution is 5.69. The number of ether oxygens (including phenoxy) is 2. The summed E-state index contributed by atoms with van der Waals surface area (Å²) in [6, 6.07) is 0. The molecule has 1 atom stereocenters. The summed E-state index contributed by atoms with van der Waals surface area (Å²) >= 11 is 0. The molecular formula is C44H82O4. The molecule has 4 nitrogen and oxygen atoms in total. The summed E-state index contributed by atoms with van der Waals surface area (Å²) in [7, 11) is 0. The Morgan fingerprint density at radius 2 is 0.875 bits per heavy atom. The molecule has 0 spiro atoms. The van der Waals surface area contributed by atoms with Crippen LogP contribution in [0.5, 0.6) is 0 Å². The fraction of sp³-hybridized carbons (Fsp3) is 0.841.